The van der Waals surface area contributed by atoms with E-state index < -0.39 is 0 Å². The van der Waals surface area contributed by atoms with Gasteiger partial charge in [-0.25, -0.2) is 0 Å². The molecule has 1 aromatic carbocycles. The summed E-state index contributed by atoms with van der Waals surface area (Å²) in [6.45, 7) is 12.2. The topological polar surface area (TPSA) is 18.5 Å². The lowest BCUT2D eigenvalue weighted by Crippen LogP contribution is -2.57. The Bertz CT molecular complexity index is 473. The summed E-state index contributed by atoms with van der Waals surface area (Å²) >= 11 is 3.61. The number of likely N-dealkylation sites (N-methyl/N-ethyl adjacent to an activating group) is 1. The van der Waals surface area contributed by atoms with Crippen molar-refractivity contribution in [3.05, 3.63) is 28.2 Å². The number of nitrogens with one attached hydrogen (secondary N) is 1. The molecule has 1 heterocycles. The molecule has 0 saturated carbocycles. The summed E-state index contributed by atoms with van der Waals surface area (Å²) in [4.78, 5) is 4.99. The van der Waals surface area contributed by atoms with E-state index in [0.717, 1.165) is 37.2 Å². The van der Waals surface area contributed by atoms with Crippen LogP contribution in [0.15, 0.2) is 22.7 Å². The minimum Gasteiger partial charge on any atom is -0.368 e. The molecule has 0 spiro atoms. The summed E-state index contributed by atoms with van der Waals surface area (Å²) in [6.07, 6.45) is 1.17. The van der Waals surface area contributed by atoms with Crippen LogP contribution in [-0.2, 0) is 6.54 Å². The summed E-state index contributed by atoms with van der Waals surface area (Å²) in [7, 11) is 2.22. The van der Waals surface area contributed by atoms with Gasteiger partial charge in [0, 0.05) is 41.9 Å². The van der Waals surface area contributed by atoms with E-state index in [-0.39, 0.29) is 5.54 Å². The predicted octanol–water partition coefficient (Wildman–Crippen LogP) is 3.48. The van der Waals surface area contributed by atoms with E-state index in [9.17, 15) is 0 Å². The van der Waals surface area contributed by atoms with E-state index >= 15 is 0 Å². The standard InChI is InChI=1S/C17H28BrN3/c1-5-8-19-12-14-11-15(18)6-7-16(14)21-10-9-20(4)17(2,3)13-21/h6-7,11,19H,5,8-10,12-13H2,1-4H3. The summed E-state index contributed by atoms with van der Waals surface area (Å²) in [5, 5.41) is 3.53. The zero-order valence-corrected chi connectivity index (χ0v) is 15.3. The second-order valence-electron chi connectivity index (χ2n) is 6.61. The molecule has 1 aromatic rings. The molecule has 1 aliphatic rings. The molecule has 3 nitrogen and oxygen atoms in total. The predicted molar refractivity (Wildman–Crippen MR) is 95.1 cm³/mol. The first kappa shape index (κ1) is 16.8. The van der Waals surface area contributed by atoms with Crippen LogP contribution in [0.4, 0.5) is 5.69 Å². The highest BCUT2D eigenvalue weighted by Gasteiger charge is 2.31. The number of piperazine rings is 1. The number of hydrogen-bond donors (Lipinski definition) is 1. The van der Waals surface area contributed by atoms with Gasteiger partial charge in [-0.15, -0.1) is 0 Å². The Balaban J connectivity index is 2.18. The van der Waals surface area contributed by atoms with E-state index in [1.54, 1.807) is 0 Å². The quantitative estimate of drug-likeness (QED) is 0.817. The molecule has 1 N–H and O–H groups in total. The zero-order chi connectivity index (χ0) is 15.5. The fourth-order valence-electron chi connectivity index (χ4n) is 2.85. The number of benzene rings is 1. The molecule has 0 amide bonds. The van der Waals surface area contributed by atoms with Gasteiger partial charge in [-0.2, -0.15) is 0 Å². The van der Waals surface area contributed by atoms with Crippen LogP contribution in [-0.4, -0.2) is 43.7 Å². The third-order valence-corrected chi connectivity index (χ3v) is 4.93. The van der Waals surface area contributed by atoms with E-state index in [2.05, 4.69) is 77.1 Å². The van der Waals surface area contributed by atoms with Crippen molar-refractivity contribution in [1.82, 2.24) is 10.2 Å². The van der Waals surface area contributed by atoms with Crippen molar-refractivity contribution in [3.63, 3.8) is 0 Å². The van der Waals surface area contributed by atoms with Gasteiger partial charge >= 0.3 is 0 Å². The van der Waals surface area contributed by atoms with E-state index in [1.165, 1.54) is 17.7 Å². The summed E-state index contributed by atoms with van der Waals surface area (Å²) in [5.74, 6) is 0. The molecule has 1 fully saturated rings. The highest BCUT2D eigenvalue weighted by molar-refractivity contribution is 9.10. The Labute approximate surface area is 137 Å². The molecular weight excluding hydrogens is 326 g/mol. The van der Waals surface area contributed by atoms with Gasteiger partial charge in [-0.1, -0.05) is 22.9 Å². The minimum atomic E-state index is 0.222. The monoisotopic (exact) mass is 353 g/mol. The van der Waals surface area contributed by atoms with Gasteiger partial charge in [0.05, 0.1) is 0 Å². The lowest BCUT2D eigenvalue weighted by molar-refractivity contribution is 0.139. The summed E-state index contributed by atoms with van der Waals surface area (Å²) < 4.78 is 1.16. The molecule has 21 heavy (non-hydrogen) atoms. The molecule has 1 saturated heterocycles. The first-order valence-electron chi connectivity index (χ1n) is 7.89. The van der Waals surface area contributed by atoms with Crippen molar-refractivity contribution >= 4 is 21.6 Å². The Hall–Kier alpha value is -0.580. The minimum absolute atomic E-state index is 0.222. The van der Waals surface area contributed by atoms with E-state index in [1.807, 2.05) is 0 Å². The van der Waals surface area contributed by atoms with Crippen LogP contribution in [0.2, 0.25) is 0 Å². The van der Waals surface area contributed by atoms with Crippen molar-refractivity contribution < 1.29 is 0 Å². The van der Waals surface area contributed by atoms with Crippen molar-refractivity contribution in [3.8, 4) is 0 Å². The number of rotatable bonds is 5. The smallest absolute Gasteiger partial charge is 0.0413 e. The Morgan fingerprint density at radius 1 is 1.29 bits per heavy atom. The van der Waals surface area contributed by atoms with Crippen LogP contribution in [0.5, 0.6) is 0 Å². The molecule has 0 bridgehead atoms. The van der Waals surface area contributed by atoms with Crippen LogP contribution in [0.25, 0.3) is 0 Å². The number of hydrogen-bond acceptors (Lipinski definition) is 3. The maximum atomic E-state index is 3.61. The summed E-state index contributed by atoms with van der Waals surface area (Å²) in [6, 6.07) is 6.67. The first-order valence-corrected chi connectivity index (χ1v) is 8.68. The maximum Gasteiger partial charge on any atom is 0.0413 e. The van der Waals surface area contributed by atoms with Gasteiger partial charge in [-0.3, -0.25) is 4.90 Å². The van der Waals surface area contributed by atoms with Gasteiger partial charge in [0.15, 0.2) is 0 Å². The zero-order valence-electron chi connectivity index (χ0n) is 13.7. The Morgan fingerprint density at radius 3 is 2.71 bits per heavy atom. The third-order valence-electron chi connectivity index (χ3n) is 4.44. The Kier molecular flexibility index (Phi) is 5.69. The highest BCUT2D eigenvalue weighted by atomic mass is 79.9. The lowest BCUT2D eigenvalue weighted by atomic mass is 9.98. The molecule has 1 aliphatic heterocycles. The number of halogens is 1. The molecule has 0 radical (unpaired) electrons. The van der Waals surface area contributed by atoms with Crippen molar-refractivity contribution in [2.45, 2.75) is 39.3 Å². The van der Waals surface area contributed by atoms with Gasteiger partial charge in [0.25, 0.3) is 0 Å². The molecule has 0 unspecified atom stereocenters. The van der Waals surface area contributed by atoms with Crippen LogP contribution in [0, 0.1) is 0 Å². The number of nitrogens with zero attached hydrogens (tertiary/aromatic N) is 2. The Morgan fingerprint density at radius 2 is 2.05 bits per heavy atom. The molecule has 0 atom stereocenters. The fraction of sp³-hybridized carbons (Fsp3) is 0.647. The van der Waals surface area contributed by atoms with Gasteiger partial charge in [0.2, 0.25) is 0 Å². The van der Waals surface area contributed by atoms with Crippen LogP contribution >= 0.6 is 15.9 Å². The van der Waals surface area contributed by atoms with Crippen molar-refractivity contribution in [1.29, 1.82) is 0 Å². The highest BCUT2D eigenvalue weighted by Crippen LogP contribution is 2.29. The lowest BCUT2D eigenvalue weighted by Gasteiger charge is -2.46. The molecule has 0 aliphatic carbocycles. The normalized spacial score (nSPS) is 19.0. The third kappa shape index (κ3) is 4.21. The molecule has 4 heteroatoms. The fourth-order valence-corrected chi connectivity index (χ4v) is 3.26. The number of anilines is 1. The van der Waals surface area contributed by atoms with Crippen LogP contribution in [0.1, 0.15) is 32.8 Å². The summed E-state index contributed by atoms with van der Waals surface area (Å²) in [5.41, 5.74) is 2.99. The molecular formula is C17H28BrN3. The van der Waals surface area contributed by atoms with Crippen molar-refractivity contribution in [2.75, 3.05) is 38.1 Å². The largest absolute Gasteiger partial charge is 0.368 e. The average Bonchev–Trinajstić information content (AvgIpc) is 2.42. The van der Waals surface area contributed by atoms with Gasteiger partial charge in [-0.05, 0) is 57.6 Å². The van der Waals surface area contributed by atoms with E-state index in [0.29, 0.717) is 0 Å². The second-order valence-corrected chi connectivity index (χ2v) is 7.52. The van der Waals surface area contributed by atoms with Crippen LogP contribution < -0.4 is 10.2 Å². The first-order chi connectivity index (χ1) is 9.94. The second kappa shape index (κ2) is 7.12. The molecule has 0 aromatic heterocycles. The molecule has 2 rings (SSSR count). The van der Waals surface area contributed by atoms with Crippen LogP contribution in [0.3, 0.4) is 0 Å². The molecule has 118 valence electrons. The SMILES string of the molecule is CCCNCc1cc(Br)ccc1N1CCN(C)C(C)(C)C1. The van der Waals surface area contributed by atoms with Gasteiger partial charge in [0.1, 0.15) is 0 Å². The average molecular weight is 354 g/mol. The maximum absolute atomic E-state index is 3.61. The van der Waals surface area contributed by atoms with Crippen molar-refractivity contribution in [2.24, 2.45) is 0 Å². The van der Waals surface area contributed by atoms with E-state index in [4.69, 9.17) is 0 Å². The van der Waals surface area contributed by atoms with Gasteiger partial charge < -0.3 is 10.2 Å².